The highest BCUT2D eigenvalue weighted by Gasteiger charge is 1.85. The number of rotatable bonds is 6. The molecule has 64 valence electrons. The minimum absolute atomic E-state index is 0.987. The Kier molecular flexibility index (Phi) is 7.72. The summed E-state index contributed by atoms with van der Waals surface area (Å²) in [6, 6.07) is 0. The van der Waals surface area contributed by atoms with Crippen molar-refractivity contribution in [1.82, 2.24) is 4.72 Å². The van der Waals surface area contributed by atoms with E-state index in [2.05, 4.69) is 23.9 Å². The summed E-state index contributed by atoms with van der Waals surface area (Å²) in [6.45, 7) is 2.13. The van der Waals surface area contributed by atoms with E-state index in [1.807, 2.05) is 6.08 Å². The Morgan fingerprint density at radius 2 is 2.36 bits per heavy atom. The average molecular weight is 191 g/mol. The largest absolute Gasteiger partial charge is 0.298 e. The van der Waals surface area contributed by atoms with Gasteiger partial charge in [-0.15, -0.1) is 0 Å². The van der Waals surface area contributed by atoms with E-state index in [1.165, 1.54) is 5.49 Å². The number of thiocarbonyl (C=S) groups is 1. The average Bonchev–Trinajstić information content (AvgIpc) is 1.99. The molecule has 0 bridgehead atoms. The van der Waals surface area contributed by atoms with Crippen LogP contribution in [0.4, 0.5) is 0 Å². The molecule has 0 aromatic rings. The Morgan fingerprint density at radius 1 is 1.64 bits per heavy atom. The second kappa shape index (κ2) is 7.88. The fourth-order valence-electron chi connectivity index (χ4n) is 0.564. The molecule has 1 atom stereocenters. The maximum Gasteiger partial charge on any atom is 0.142 e. The predicted molar refractivity (Wildman–Crippen MR) is 53.6 cm³/mol. The molecule has 0 saturated heterocycles. The van der Waals surface area contributed by atoms with Crippen molar-refractivity contribution in [3.05, 3.63) is 11.5 Å². The smallest absolute Gasteiger partial charge is 0.142 e. The molecule has 2 nitrogen and oxygen atoms in total. The SMILES string of the molecule is CCCCC=CS(=O)NC=S. The van der Waals surface area contributed by atoms with E-state index in [0.29, 0.717) is 0 Å². The van der Waals surface area contributed by atoms with Gasteiger partial charge in [0, 0.05) is 5.41 Å². The maximum absolute atomic E-state index is 10.8. The molecule has 0 heterocycles. The molecule has 0 aromatic heterocycles. The van der Waals surface area contributed by atoms with E-state index in [4.69, 9.17) is 0 Å². The van der Waals surface area contributed by atoms with Crippen molar-refractivity contribution in [3.8, 4) is 0 Å². The summed E-state index contributed by atoms with van der Waals surface area (Å²) in [4.78, 5) is 0. The minimum Gasteiger partial charge on any atom is -0.298 e. The molecule has 0 aliphatic carbocycles. The van der Waals surface area contributed by atoms with Gasteiger partial charge >= 0.3 is 0 Å². The first-order valence-electron chi connectivity index (χ1n) is 3.58. The summed E-state index contributed by atoms with van der Waals surface area (Å²) in [6.07, 6.45) is 5.20. The van der Waals surface area contributed by atoms with Crippen LogP contribution in [0.3, 0.4) is 0 Å². The Labute approximate surface area is 75.7 Å². The van der Waals surface area contributed by atoms with Gasteiger partial charge in [-0.2, -0.15) is 0 Å². The molecule has 11 heavy (non-hydrogen) atoms. The minimum atomic E-state index is -1.11. The predicted octanol–water partition coefficient (Wildman–Crippen LogP) is 1.90. The summed E-state index contributed by atoms with van der Waals surface area (Å²) in [7, 11) is -1.11. The molecule has 1 N–H and O–H groups in total. The zero-order chi connectivity index (χ0) is 8.53. The molecule has 0 aliphatic heterocycles. The Hall–Kier alpha value is -0.220. The number of hydrogen-bond acceptors (Lipinski definition) is 2. The number of nitrogens with one attached hydrogen (secondary N) is 1. The third-order valence-electron chi connectivity index (χ3n) is 1.11. The first-order chi connectivity index (χ1) is 5.31. The van der Waals surface area contributed by atoms with Crippen LogP contribution in [0.15, 0.2) is 11.5 Å². The number of hydrogen-bond donors (Lipinski definition) is 1. The van der Waals surface area contributed by atoms with Crippen molar-refractivity contribution >= 4 is 28.7 Å². The second-order valence-corrected chi connectivity index (χ2v) is 3.39. The third kappa shape index (κ3) is 7.68. The Balaban J connectivity index is 3.40. The quantitative estimate of drug-likeness (QED) is 0.513. The van der Waals surface area contributed by atoms with Crippen molar-refractivity contribution in [2.24, 2.45) is 0 Å². The lowest BCUT2D eigenvalue weighted by atomic mass is 10.2. The lowest BCUT2D eigenvalue weighted by Gasteiger charge is -1.91. The normalized spacial score (nSPS) is 13.2. The first kappa shape index (κ1) is 10.8. The third-order valence-corrected chi connectivity index (χ3v) is 2.17. The fraction of sp³-hybridized carbons (Fsp3) is 0.571. The van der Waals surface area contributed by atoms with Crippen LogP contribution in [-0.2, 0) is 11.0 Å². The van der Waals surface area contributed by atoms with Crippen LogP contribution in [-0.4, -0.2) is 9.70 Å². The van der Waals surface area contributed by atoms with Crippen LogP contribution < -0.4 is 4.72 Å². The molecule has 0 fully saturated rings. The molecule has 0 rings (SSSR count). The molecule has 0 aromatic carbocycles. The molecule has 0 spiro atoms. The van der Waals surface area contributed by atoms with E-state index in [-0.39, 0.29) is 0 Å². The monoisotopic (exact) mass is 191 g/mol. The van der Waals surface area contributed by atoms with E-state index in [1.54, 1.807) is 5.41 Å². The Bertz CT molecular complexity index is 157. The Morgan fingerprint density at radius 3 is 2.91 bits per heavy atom. The van der Waals surface area contributed by atoms with Crippen molar-refractivity contribution < 1.29 is 4.21 Å². The van der Waals surface area contributed by atoms with E-state index < -0.39 is 11.0 Å². The highest BCUT2D eigenvalue weighted by atomic mass is 32.2. The summed E-state index contributed by atoms with van der Waals surface area (Å²) in [5.41, 5.74) is 1.26. The first-order valence-corrected chi connectivity index (χ1v) is 5.26. The molecular weight excluding hydrogens is 178 g/mol. The summed E-state index contributed by atoms with van der Waals surface area (Å²) in [5.74, 6) is 0. The van der Waals surface area contributed by atoms with Crippen molar-refractivity contribution in [1.29, 1.82) is 0 Å². The van der Waals surface area contributed by atoms with E-state index >= 15 is 0 Å². The summed E-state index contributed by atoms with van der Waals surface area (Å²) in [5, 5.41) is 1.62. The number of unbranched alkanes of at least 4 members (excludes halogenated alkanes) is 2. The van der Waals surface area contributed by atoms with Gasteiger partial charge in [-0.05, 0) is 6.42 Å². The van der Waals surface area contributed by atoms with Crippen LogP contribution in [0.25, 0.3) is 0 Å². The van der Waals surface area contributed by atoms with Gasteiger partial charge in [0.25, 0.3) is 0 Å². The topological polar surface area (TPSA) is 29.1 Å². The van der Waals surface area contributed by atoms with Gasteiger partial charge in [0.2, 0.25) is 0 Å². The summed E-state index contributed by atoms with van der Waals surface area (Å²) < 4.78 is 13.3. The highest BCUT2D eigenvalue weighted by molar-refractivity contribution is 7.88. The van der Waals surface area contributed by atoms with Gasteiger partial charge in [0.05, 0.1) is 5.49 Å². The van der Waals surface area contributed by atoms with Crippen LogP contribution >= 0.6 is 12.2 Å². The zero-order valence-electron chi connectivity index (χ0n) is 6.58. The molecule has 0 radical (unpaired) electrons. The number of allylic oxidation sites excluding steroid dienone is 1. The van der Waals surface area contributed by atoms with Gasteiger partial charge in [-0.3, -0.25) is 4.72 Å². The van der Waals surface area contributed by atoms with E-state index in [0.717, 1.165) is 19.3 Å². The van der Waals surface area contributed by atoms with Gasteiger partial charge in [-0.25, -0.2) is 4.21 Å². The second-order valence-electron chi connectivity index (χ2n) is 2.05. The van der Waals surface area contributed by atoms with Crippen molar-refractivity contribution in [2.45, 2.75) is 26.2 Å². The van der Waals surface area contributed by atoms with Gasteiger partial charge in [-0.1, -0.05) is 38.1 Å². The standard InChI is InChI=1S/C7H13NOS2/c1-2-3-4-5-6-11(9)8-7-10/h5-7H,2-4H2,1H3,(H,8,10). The van der Waals surface area contributed by atoms with E-state index in [9.17, 15) is 4.21 Å². The highest BCUT2D eigenvalue weighted by Crippen LogP contribution is 1.94. The van der Waals surface area contributed by atoms with Crippen LogP contribution in [0.1, 0.15) is 26.2 Å². The van der Waals surface area contributed by atoms with Crippen molar-refractivity contribution in [3.63, 3.8) is 0 Å². The van der Waals surface area contributed by atoms with Gasteiger partial charge in [0.1, 0.15) is 11.0 Å². The maximum atomic E-state index is 10.8. The molecule has 0 aliphatic rings. The lowest BCUT2D eigenvalue weighted by molar-refractivity contribution is 0.686. The van der Waals surface area contributed by atoms with Gasteiger partial charge < -0.3 is 0 Å². The molecule has 0 amide bonds. The van der Waals surface area contributed by atoms with Gasteiger partial charge in [0.15, 0.2) is 0 Å². The van der Waals surface area contributed by atoms with Crippen LogP contribution in [0, 0.1) is 0 Å². The molecular formula is C7H13NOS2. The van der Waals surface area contributed by atoms with Crippen LogP contribution in [0.5, 0.6) is 0 Å². The molecule has 1 unspecified atom stereocenters. The fourth-order valence-corrected chi connectivity index (χ4v) is 1.33. The lowest BCUT2D eigenvalue weighted by Crippen LogP contribution is -2.09. The molecule has 4 heteroatoms. The molecule has 0 saturated carbocycles. The van der Waals surface area contributed by atoms with Crippen molar-refractivity contribution in [2.75, 3.05) is 0 Å². The van der Waals surface area contributed by atoms with Crippen LogP contribution in [0.2, 0.25) is 0 Å². The zero-order valence-corrected chi connectivity index (χ0v) is 8.21. The summed E-state index contributed by atoms with van der Waals surface area (Å²) >= 11 is 4.47.